The molecule has 0 radical (unpaired) electrons. The van der Waals surface area contributed by atoms with Gasteiger partial charge in [0.25, 0.3) is 0 Å². The van der Waals surface area contributed by atoms with E-state index in [2.05, 4.69) is 10.3 Å². The van der Waals surface area contributed by atoms with Crippen molar-refractivity contribution in [2.75, 3.05) is 5.32 Å². The van der Waals surface area contributed by atoms with E-state index in [1.54, 1.807) is 56.4 Å². The van der Waals surface area contributed by atoms with Gasteiger partial charge >= 0.3 is 0 Å². The zero-order valence-electron chi connectivity index (χ0n) is 17.2. The van der Waals surface area contributed by atoms with Crippen molar-refractivity contribution in [3.63, 3.8) is 0 Å². The molecular weight excluding hydrogens is 380 g/mol. The summed E-state index contributed by atoms with van der Waals surface area (Å²) in [6.07, 6.45) is 1.73. The van der Waals surface area contributed by atoms with E-state index in [0.717, 1.165) is 11.1 Å². The van der Waals surface area contributed by atoms with Gasteiger partial charge in [-0.15, -0.1) is 0 Å². The Balaban J connectivity index is 1.71. The van der Waals surface area contributed by atoms with Crippen LogP contribution >= 0.6 is 0 Å². The summed E-state index contributed by atoms with van der Waals surface area (Å²) in [4.78, 5) is 28.3. The van der Waals surface area contributed by atoms with Gasteiger partial charge < -0.3 is 15.2 Å². The van der Waals surface area contributed by atoms with Crippen molar-refractivity contribution in [3.05, 3.63) is 83.6 Å². The average Bonchev–Trinajstić information content (AvgIpc) is 2.69. The predicted octanol–water partition coefficient (Wildman–Crippen LogP) is 4.49. The largest absolute Gasteiger partial charge is 0.437 e. The van der Waals surface area contributed by atoms with Gasteiger partial charge in [-0.2, -0.15) is 0 Å². The van der Waals surface area contributed by atoms with Gasteiger partial charge in [0.1, 0.15) is 11.4 Å². The number of aliphatic hydroxyl groups is 1. The van der Waals surface area contributed by atoms with Crippen LogP contribution in [0.2, 0.25) is 0 Å². The molecule has 0 fully saturated rings. The average molecular weight is 404 g/mol. The van der Waals surface area contributed by atoms with Crippen LogP contribution in [0.5, 0.6) is 11.6 Å². The van der Waals surface area contributed by atoms with Gasteiger partial charge in [0.05, 0.1) is 12.0 Å². The first-order valence-corrected chi connectivity index (χ1v) is 9.58. The number of aromatic nitrogens is 1. The van der Waals surface area contributed by atoms with Crippen LogP contribution in [0, 0.1) is 0 Å². The number of rotatable bonds is 7. The SMILES string of the molecule is CC(=O)c1cccc(Oc2ncccc2NC(=O)Cc2ccc(C(C)(C)O)cc2)c1. The Labute approximate surface area is 175 Å². The smallest absolute Gasteiger partial charge is 0.243 e. The Hall–Kier alpha value is -3.51. The molecule has 2 N–H and O–H groups in total. The summed E-state index contributed by atoms with van der Waals surface area (Å²) >= 11 is 0. The maximum Gasteiger partial charge on any atom is 0.243 e. The van der Waals surface area contributed by atoms with Gasteiger partial charge in [-0.3, -0.25) is 9.59 Å². The van der Waals surface area contributed by atoms with Gasteiger partial charge in [-0.25, -0.2) is 4.98 Å². The summed E-state index contributed by atoms with van der Waals surface area (Å²) in [7, 11) is 0. The molecule has 0 aliphatic carbocycles. The molecule has 30 heavy (non-hydrogen) atoms. The predicted molar refractivity (Wildman–Crippen MR) is 115 cm³/mol. The van der Waals surface area contributed by atoms with E-state index in [4.69, 9.17) is 4.74 Å². The van der Waals surface area contributed by atoms with Gasteiger partial charge in [0, 0.05) is 11.8 Å². The highest BCUT2D eigenvalue weighted by atomic mass is 16.5. The number of benzene rings is 2. The minimum atomic E-state index is -0.928. The second kappa shape index (κ2) is 8.88. The summed E-state index contributed by atoms with van der Waals surface area (Å²) in [5.74, 6) is 0.412. The van der Waals surface area contributed by atoms with E-state index in [1.807, 2.05) is 24.3 Å². The molecule has 1 amide bonds. The Morgan fingerprint density at radius 2 is 1.80 bits per heavy atom. The number of nitrogens with one attached hydrogen (secondary N) is 1. The topological polar surface area (TPSA) is 88.5 Å². The molecule has 2 aromatic carbocycles. The van der Waals surface area contributed by atoms with Crippen LogP contribution in [0.15, 0.2) is 66.9 Å². The standard InChI is InChI=1S/C24H24N2O4/c1-16(27)18-6-4-7-20(15-18)30-23-21(8-5-13-25-23)26-22(28)14-17-9-11-19(12-10-17)24(2,3)29/h4-13,15,29H,14H2,1-3H3,(H,26,28). The number of hydrogen-bond donors (Lipinski definition) is 2. The molecule has 0 aliphatic rings. The summed E-state index contributed by atoms with van der Waals surface area (Å²) in [6, 6.07) is 17.4. The van der Waals surface area contributed by atoms with E-state index in [0.29, 0.717) is 17.0 Å². The third-order valence-corrected chi connectivity index (χ3v) is 4.53. The van der Waals surface area contributed by atoms with Crippen LogP contribution in [0.25, 0.3) is 0 Å². The lowest BCUT2D eigenvalue weighted by Crippen LogP contribution is -2.17. The van der Waals surface area contributed by atoms with Crippen molar-refractivity contribution in [1.82, 2.24) is 4.98 Å². The van der Waals surface area contributed by atoms with E-state index in [1.165, 1.54) is 6.92 Å². The van der Waals surface area contributed by atoms with E-state index < -0.39 is 5.60 Å². The third kappa shape index (κ3) is 5.52. The molecule has 0 unspecified atom stereocenters. The minimum absolute atomic E-state index is 0.0643. The number of anilines is 1. The van der Waals surface area contributed by atoms with E-state index in [9.17, 15) is 14.7 Å². The molecule has 0 saturated heterocycles. The number of hydrogen-bond acceptors (Lipinski definition) is 5. The molecule has 1 aromatic heterocycles. The monoisotopic (exact) mass is 404 g/mol. The molecule has 0 atom stereocenters. The number of ether oxygens (including phenoxy) is 1. The lowest BCUT2D eigenvalue weighted by atomic mass is 9.97. The number of pyridine rings is 1. The maximum absolute atomic E-state index is 12.5. The third-order valence-electron chi connectivity index (χ3n) is 4.53. The van der Waals surface area contributed by atoms with Crippen LogP contribution in [0.4, 0.5) is 5.69 Å². The van der Waals surface area contributed by atoms with Gasteiger partial charge in [-0.05, 0) is 56.2 Å². The van der Waals surface area contributed by atoms with Crippen molar-refractivity contribution in [2.24, 2.45) is 0 Å². The summed E-state index contributed by atoms with van der Waals surface area (Å²) < 4.78 is 5.80. The normalized spacial score (nSPS) is 11.1. The fraction of sp³-hybridized carbons (Fsp3) is 0.208. The first-order chi connectivity index (χ1) is 14.2. The van der Waals surface area contributed by atoms with Gasteiger partial charge in [0.15, 0.2) is 5.78 Å². The first kappa shape index (κ1) is 21.2. The second-order valence-corrected chi connectivity index (χ2v) is 7.52. The van der Waals surface area contributed by atoms with Crippen molar-refractivity contribution in [2.45, 2.75) is 32.8 Å². The molecule has 3 aromatic rings. The fourth-order valence-electron chi connectivity index (χ4n) is 2.87. The molecule has 3 rings (SSSR count). The molecular formula is C24H24N2O4. The summed E-state index contributed by atoms with van der Waals surface area (Å²) in [5.41, 5.74) is 1.64. The Morgan fingerprint density at radius 1 is 1.07 bits per heavy atom. The minimum Gasteiger partial charge on any atom is -0.437 e. The molecule has 154 valence electrons. The van der Waals surface area contributed by atoms with Crippen molar-refractivity contribution < 1.29 is 19.4 Å². The number of ketones is 1. The second-order valence-electron chi connectivity index (χ2n) is 7.52. The summed E-state index contributed by atoms with van der Waals surface area (Å²) in [6.45, 7) is 4.91. The Kier molecular flexibility index (Phi) is 6.28. The van der Waals surface area contributed by atoms with Crippen LogP contribution < -0.4 is 10.1 Å². The fourth-order valence-corrected chi connectivity index (χ4v) is 2.87. The van der Waals surface area contributed by atoms with Crippen LogP contribution in [-0.2, 0) is 16.8 Å². The number of amides is 1. The molecule has 0 bridgehead atoms. The summed E-state index contributed by atoms with van der Waals surface area (Å²) in [5, 5.41) is 12.9. The first-order valence-electron chi connectivity index (χ1n) is 9.58. The molecule has 6 heteroatoms. The van der Waals surface area contributed by atoms with E-state index in [-0.39, 0.29) is 24.0 Å². The number of carbonyl (C=O) groups is 2. The van der Waals surface area contributed by atoms with Crippen LogP contribution in [0.3, 0.4) is 0 Å². The quantitative estimate of drug-likeness (QED) is 0.567. The highest BCUT2D eigenvalue weighted by molar-refractivity contribution is 5.94. The highest BCUT2D eigenvalue weighted by Crippen LogP contribution is 2.28. The zero-order valence-corrected chi connectivity index (χ0v) is 17.2. The van der Waals surface area contributed by atoms with Crippen LogP contribution in [0.1, 0.15) is 42.3 Å². The highest BCUT2D eigenvalue weighted by Gasteiger charge is 2.16. The van der Waals surface area contributed by atoms with Crippen LogP contribution in [-0.4, -0.2) is 21.8 Å². The number of carbonyl (C=O) groups excluding carboxylic acids is 2. The lowest BCUT2D eigenvalue weighted by molar-refractivity contribution is -0.115. The Bertz CT molecular complexity index is 1050. The molecule has 0 spiro atoms. The van der Waals surface area contributed by atoms with Gasteiger partial charge in [-0.1, -0.05) is 36.4 Å². The number of Topliss-reactive ketones (excluding diaryl/α,β-unsaturated/α-hetero) is 1. The van der Waals surface area contributed by atoms with Gasteiger partial charge in [0.2, 0.25) is 11.8 Å². The molecule has 0 aliphatic heterocycles. The van der Waals surface area contributed by atoms with Crippen molar-refractivity contribution >= 4 is 17.4 Å². The molecule has 1 heterocycles. The maximum atomic E-state index is 12.5. The van der Waals surface area contributed by atoms with E-state index >= 15 is 0 Å². The van der Waals surface area contributed by atoms with Crippen molar-refractivity contribution in [1.29, 1.82) is 0 Å². The molecule has 6 nitrogen and oxygen atoms in total. The zero-order chi connectivity index (χ0) is 21.7. The Morgan fingerprint density at radius 3 is 2.47 bits per heavy atom. The number of nitrogens with zero attached hydrogens (tertiary/aromatic N) is 1. The molecule has 0 saturated carbocycles. The lowest BCUT2D eigenvalue weighted by Gasteiger charge is -2.17. The van der Waals surface area contributed by atoms with Crippen molar-refractivity contribution in [3.8, 4) is 11.6 Å².